The van der Waals surface area contributed by atoms with Crippen molar-refractivity contribution in [2.45, 2.75) is 79.1 Å². The molecule has 0 aliphatic carbocycles. The maximum Gasteiger partial charge on any atom is 0.182 e. The maximum atomic E-state index is 6.15. The van der Waals surface area contributed by atoms with Gasteiger partial charge in [0.05, 0.1) is 11.9 Å². The monoisotopic (exact) mass is 545 g/mol. The summed E-state index contributed by atoms with van der Waals surface area (Å²) < 4.78 is 0. The quantitative estimate of drug-likeness (QED) is 0.188. The second-order valence-electron chi connectivity index (χ2n) is 10.4. The van der Waals surface area contributed by atoms with Crippen LogP contribution in [0.15, 0.2) is 79.3 Å². The Morgan fingerprint density at radius 3 is 1.48 bits per heavy atom. The normalized spacial score (nSPS) is 12.2. The Kier molecular flexibility index (Phi) is 13.9. The first-order valence-electron chi connectivity index (χ1n) is 15.4. The van der Waals surface area contributed by atoms with Gasteiger partial charge in [0.2, 0.25) is 0 Å². The summed E-state index contributed by atoms with van der Waals surface area (Å²) in [6.45, 7) is 13.5. The van der Waals surface area contributed by atoms with Crippen LogP contribution >= 0.6 is 0 Å². The van der Waals surface area contributed by atoms with E-state index in [1.54, 1.807) is 5.17 Å². The van der Waals surface area contributed by atoms with Crippen LogP contribution in [0.3, 0.4) is 0 Å². The lowest BCUT2D eigenvalue weighted by molar-refractivity contribution is 0.243. The summed E-state index contributed by atoms with van der Waals surface area (Å²) in [5.41, 5.74) is 7.91. The van der Waals surface area contributed by atoms with E-state index >= 15 is 0 Å². The van der Waals surface area contributed by atoms with Crippen molar-refractivity contribution in [1.82, 2.24) is 10.4 Å². The lowest BCUT2D eigenvalue weighted by Crippen LogP contribution is -2.28. The van der Waals surface area contributed by atoms with Gasteiger partial charge in [-0.3, -0.25) is 5.43 Å². The van der Waals surface area contributed by atoms with Crippen LogP contribution in [0, 0.1) is 0 Å². The molecule has 1 aliphatic heterocycles. The van der Waals surface area contributed by atoms with Gasteiger partial charge in [0.15, 0.2) is 5.76 Å². The van der Waals surface area contributed by atoms with E-state index in [-0.39, 0.29) is 0 Å². The van der Waals surface area contributed by atoms with Crippen LogP contribution in [0.4, 0.5) is 17.1 Å². The summed E-state index contributed by atoms with van der Waals surface area (Å²) >= 11 is 0. The Morgan fingerprint density at radius 2 is 1.07 bits per heavy atom. The third kappa shape index (κ3) is 9.89. The molecule has 0 bridgehead atoms. The zero-order valence-electron chi connectivity index (χ0n) is 25.2. The number of hydrazine groups is 1. The predicted molar refractivity (Wildman–Crippen MR) is 172 cm³/mol. The summed E-state index contributed by atoms with van der Waals surface area (Å²) in [7, 11) is 0. The highest BCUT2D eigenvalue weighted by atomic mass is 16.7. The number of unbranched alkanes of at least 4 members (excludes halogenated alkanes) is 4. The van der Waals surface area contributed by atoms with E-state index in [0.29, 0.717) is 0 Å². The number of H-pyrrole nitrogens is 1. The molecule has 40 heavy (non-hydrogen) atoms. The smallest absolute Gasteiger partial charge is 0.182 e. The molecular formula is C34H51N5O. The molecule has 0 fully saturated rings. The van der Waals surface area contributed by atoms with E-state index in [9.17, 15) is 0 Å². The van der Waals surface area contributed by atoms with Crippen LogP contribution in [0.1, 0.15) is 84.6 Å². The van der Waals surface area contributed by atoms with Crippen LogP contribution in [0.5, 0.6) is 0 Å². The molecule has 0 amide bonds. The van der Waals surface area contributed by atoms with Gasteiger partial charge in [0.25, 0.3) is 0 Å². The van der Waals surface area contributed by atoms with Crippen LogP contribution in [0.2, 0.25) is 0 Å². The molecule has 2 heterocycles. The lowest BCUT2D eigenvalue weighted by Gasteiger charge is -2.26. The molecule has 0 saturated heterocycles. The Hall–Kier alpha value is -3.54. The van der Waals surface area contributed by atoms with E-state index in [2.05, 4.69) is 96.4 Å². The zero-order chi connectivity index (χ0) is 28.4. The van der Waals surface area contributed by atoms with Crippen molar-refractivity contribution in [3.05, 3.63) is 84.8 Å². The van der Waals surface area contributed by atoms with Gasteiger partial charge in [-0.1, -0.05) is 53.4 Å². The number of rotatable bonds is 16. The number of nitrogens with one attached hydrogen (secondary N) is 2. The van der Waals surface area contributed by atoms with Gasteiger partial charge in [-0.05, 0) is 86.3 Å². The van der Waals surface area contributed by atoms with Crippen molar-refractivity contribution in [1.29, 1.82) is 0 Å². The summed E-state index contributed by atoms with van der Waals surface area (Å²) in [6.07, 6.45) is 15.5. The van der Waals surface area contributed by atoms with Crippen molar-refractivity contribution in [3.63, 3.8) is 0 Å². The molecule has 0 unspecified atom stereocenters. The summed E-state index contributed by atoms with van der Waals surface area (Å²) in [5, 5.41) is 1.74. The van der Waals surface area contributed by atoms with Gasteiger partial charge in [-0.2, -0.15) is 0 Å². The molecule has 6 heteroatoms. The minimum absolute atomic E-state index is 0.835. The van der Waals surface area contributed by atoms with Crippen LogP contribution < -0.4 is 20.4 Å². The topological polar surface area (TPSA) is 46.8 Å². The fraction of sp³-hybridized carbons (Fsp3) is 0.471. The van der Waals surface area contributed by atoms with Gasteiger partial charge in [0, 0.05) is 55.5 Å². The highest BCUT2D eigenvalue weighted by Crippen LogP contribution is 2.28. The van der Waals surface area contributed by atoms with Crippen LogP contribution in [-0.2, 0) is 4.84 Å². The molecule has 1 aromatic heterocycles. The van der Waals surface area contributed by atoms with Crippen molar-refractivity contribution in [2.75, 3.05) is 41.2 Å². The average Bonchev–Trinajstić information content (AvgIpc) is 3.74. The van der Waals surface area contributed by atoms with Crippen molar-refractivity contribution in [2.24, 2.45) is 0 Å². The maximum absolute atomic E-state index is 6.15. The minimum atomic E-state index is 0.835. The molecule has 0 saturated carbocycles. The first-order chi connectivity index (χ1) is 19.7. The number of benzene rings is 2. The second kappa shape index (κ2) is 17.9. The standard InChI is InChI=1S/C30H46N4O.C4H5N/c1-5-9-21-32(22-10-6-2)27-15-13-26(14-16-27)30-25-31-34(35-30)29-19-17-28(18-20-29)33(23-11-7-3)24-12-8-4;1-2-4-5-3-1/h13-20,25,31H,5-12,21-24H2,1-4H3;1-5H. The molecular weight excluding hydrogens is 494 g/mol. The highest BCUT2D eigenvalue weighted by molar-refractivity contribution is 5.66. The molecule has 218 valence electrons. The molecule has 6 nitrogen and oxygen atoms in total. The molecule has 0 spiro atoms. The van der Waals surface area contributed by atoms with E-state index in [1.165, 1.54) is 62.7 Å². The number of aromatic nitrogens is 1. The van der Waals surface area contributed by atoms with Gasteiger partial charge < -0.3 is 19.6 Å². The highest BCUT2D eigenvalue weighted by Gasteiger charge is 2.19. The number of hydrogen-bond acceptors (Lipinski definition) is 5. The summed E-state index contributed by atoms with van der Waals surface area (Å²) in [4.78, 5) is 14.0. The van der Waals surface area contributed by atoms with Crippen molar-refractivity contribution >= 4 is 22.8 Å². The number of anilines is 3. The summed E-state index contributed by atoms with van der Waals surface area (Å²) in [5.74, 6) is 0.835. The minimum Gasteiger partial charge on any atom is -0.372 e. The predicted octanol–water partition coefficient (Wildman–Crippen LogP) is 8.77. The first-order valence-corrected chi connectivity index (χ1v) is 15.4. The van der Waals surface area contributed by atoms with Gasteiger partial charge >= 0.3 is 0 Å². The van der Waals surface area contributed by atoms with E-state index in [1.807, 2.05) is 30.7 Å². The molecule has 2 N–H and O–H groups in total. The molecule has 4 rings (SSSR count). The van der Waals surface area contributed by atoms with Gasteiger partial charge in [-0.25, -0.2) is 0 Å². The van der Waals surface area contributed by atoms with Crippen LogP contribution in [0.25, 0.3) is 5.76 Å². The molecule has 1 aliphatic rings. The van der Waals surface area contributed by atoms with Gasteiger partial charge in [0.1, 0.15) is 0 Å². The molecule has 0 radical (unpaired) electrons. The Morgan fingerprint density at radius 1 is 0.625 bits per heavy atom. The van der Waals surface area contributed by atoms with E-state index in [4.69, 9.17) is 4.84 Å². The Bertz CT molecular complexity index is 1030. The van der Waals surface area contributed by atoms with E-state index < -0.39 is 0 Å². The fourth-order valence-electron chi connectivity index (χ4n) is 4.58. The summed E-state index contributed by atoms with van der Waals surface area (Å²) in [6, 6.07) is 21.4. The van der Waals surface area contributed by atoms with Crippen molar-refractivity contribution < 1.29 is 4.84 Å². The average molecular weight is 546 g/mol. The molecule has 0 atom stereocenters. The van der Waals surface area contributed by atoms with E-state index in [0.717, 1.165) is 43.2 Å². The second-order valence-corrected chi connectivity index (χ2v) is 10.4. The number of nitrogens with zero attached hydrogens (tertiary/aromatic N) is 3. The number of aromatic amines is 1. The van der Waals surface area contributed by atoms with Gasteiger partial charge in [-0.15, -0.1) is 5.17 Å². The Labute approximate surface area is 243 Å². The SMILES string of the molecule is CCCCN(CCCC)c1ccc(C2=CNN(c3ccc(N(CCCC)CCCC)cc3)O2)cc1.c1cc[nH]c1. The Balaban J connectivity index is 0.000000792. The zero-order valence-corrected chi connectivity index (χ0v) is 25.2. The molecule has 3 aromatic rings. The largest absolute Gasteiger partial charge is 0.372 e. The molecule has 2 aromatic carbocycles. The third-order valence-electron chi connectivity index (χ3n) is 7.09. The fourth-order valence-corrected chi connectivity index (χ4v) is 4.58. The van der Waals surface area contributed by atoms with Crippen LogP contribution in [-0.4, -0.2) is 31.2 Å². The third-order valence-corrected chi connectivity index (χ3v) is 7.09. The lowest BCUT2D eigenvalue weighted by atomic mass is 10.1. The number of hydrogen-bond donors (Lipinski definition) is 2. The first kappa shape index (κ1) is 31.0. The van der Waals surface area contributed by atoms with Crippen molar-refractivity contribution in [3.8, 4) is 0 Å².